The largest absolute Gasteiger partial charge is 0.345 e. The fourth-order valence-corrected chi connectivity index (χ4v) is 3.44. The highest BCUT2D eigenvalue weighted by atomic mass is 35.5. The number of fused-ring (bicyclic) bond motifs is 1. The van der Waals surface area contributed by atoms with Crippen molar-refractivity contribution < 1.29 is 22.0 Å². The fourth-order valence-electron chi connectivity index (χ4n) is 2.50. The first-order valence-electron chi connectivity index (χ1n) is 7.95. The SMILES string of the molecule is CCN(C)S(=O)(=O)Nc1ccc(F)c(C(=O)c2c[nH]c3ncccc23)c1F.Cl. The first kappa shape index (κ1) is 21.7. The molecule has 2 heterocycles. The number of pyridine rings is 1. The van der Waals surface area contributed by atoms with Crippen LogP contribution in [0.15, 0.2) is 36.7 Å². The summed E-state index contributed by atoms with van der Waals surface area (Å²) in [5.74, 6) is -3.30. The molecular weight excluding hydrogens is 414 g/mol. The van der Waals surface area contributed by atoms with E-state index in [9.17, 15) is 22.0 Å². The van der Waals surface area contributed by atoms with Crippen molar-refractivity contribution in [3.05, 3.63) is 59.4 Å². The van der Waals surface area contributed by atoms with Crippen molar-refractivity contribution in [3.63, 3.8) is 0 Å². The molecular formula is C17H17ClF2N4O3S. The molecule has 0 saturated heterocycles. The fraction of sp³-hybridized carbons (Fsp3) is 0.176. The van der Waals surface area contributed by atoms with Crippen molar-refractivity contribution in [1.29, 1.82) is 0 Å². The Kier molecular flexibility index (Phi) is 6.37. The summed E-state index contributed by atoms with van der Waals surface area (Å²) >= 11 is 0. The average Bonchev–Trinajstić information content (AvgIpc) is 3.07. The number of rotatable bonds is 6. The summed E-state index contributed by atoms with van der Waals surface area (Å²) < 4.78 is 56.3. The van der Waals surface area contributed by atoms with Crippen LogP contribution in [0.2, 0.25) is 0 Å². The van der Waals surface area contributed by atoms with Gasteiger partial charge in [-0.1, -0.05) is 6.92 Å². The minimum Gasteiger partial charge on any atom is -0.345 e. The second kappa shape index (κ2) is 8.21. The molecule has 0 amide bonds. The number of hydrogen-bond donors (Lipinski definition) is 2. The molecule has 0 spiro atoms. The third-order valence-corrected chi connectivity index (χ3v) is 5.67. The van der Waals surface area contributed by atoms with Crippen LogP contribution in [0.25, 0.3) is 11.0 Å². The number of H-pyrrole nitrogens is 1. The van der Waals surface area contributed by atoms with Gasteiger partial charge in [0.15, 0.2) is 5.82 Å². The Labute approximate surface area is 166 Å². The molecule has 2 N–H and O–H groups in total. The number of carbonyl (C=O) groups excluding carboxylic acids is 1. The van der Waals surface area contributed by atoms with E-state index in [2.05, 4.69) is 9.97 Å². The van der Waals surface area contributed by atoms with E-state index < -0.39 is 38.9 Å². The molecule has 0 radical (unpaired) electrons. The number of aromatic amines is 1. The summed E-state index contributed by atoms with van der Waals surface area (Å²) in [4.78, 5) is 19.5. The molecule has 2 aromatic heterocycles. The normalized spacial score (nSPS) is 11.5. The van der Waals surface area contributed by atoms with Crippen LogP contribution in [0.4, 0.5) is 14.5 Å². The molecule has 3 rings (SSSR count). The number of benzene rings is 1. The van der Waals surface area contributed by atoms with Gasteiger partial charge < -0.3 is 4.98 Å². The van der Waals surface area contributed by atoms with Gasteiger partial charge in [-0.3, -0.25) is 9.52 Å². The Balaban J connectivity index is 0.00000280. The molecule has 0 atom stereocenters. The van der Waals surface area contributed by atoms with Gasteiger partial charge in [0.2, 0.25) is 5.78 Å². The summed E-state index contributed by atoms with van der Waals surface area (Å²) in [6.07, 6.45) is 2.81. The molecule has 0 bridgehead atoms. The zero-order valence-corrected chi connectivity index (χ0v) is 16.5. The highest BCUT2D eigenvalue weighted by molar-refractivity contribution is 7.90. The standard InChI is InChI=1S/C17H16F2N4O3S.ClH/c1-3-23(2)27(25,26)22-13-7-6-12(18)14(15(13)19)16(24)11-9-21-17-10(11)5-4-8-20-17;/h4-9,22H,3H2,1-2H3,(H,20,21);1H. The number of anilines is 1. The van der Waals surface area contributed by atoms with Gasteiger partial charge >= 0.3 is 10.2 Å². The Hall–Kier alpha value is -2.56. The van der Waals surface area contributed by atoms with E-state index in [1.165, 1.54) is 19.4 Å². The van der Waals surface area contributed by atoms with Crippen LogP contribution in [0.1, 0.15) is 22.8 Å². The van der Waals surface area contributed by atoms with E-state index in [1.54, 1.807) is 19.1 Å². The quantitative estimate of drug-likeness (QED) is 0.587. The third kappa shape index (κ3) is 3.84. The first-order valence-corrected chi connectivity index (χ1v) is 9.39. The second-order valence-corrected chi connectivity index (χ2v) is 7.51. The van der Waals surface area contributed by atoms with Crippen LogP contribution < -0.4 is 4.72 Å². The molecule has 11 heteroatoms. The molecule has 7 nitrogen and oxygen atoms in total. The maximum absolute atomic E-state index is 14.8. The van der Waals surface area contributed by atoms with Crippen molar-refractivity contribution >= 4 is 45.1 Å². The summed E-state index contributed by atoms with van der Waals surface area (Å²) in [5.41, 5.74) is -0.943. The van der Waals surface area contributed by atoms with Crippen LogP contribution in [0.3, 0.4) is 0 Å². The van der Waals surface area contributed by atoms with Crippen molar-refractivity contribution in [2.24, 2.45) is 0 Å². The predicted molar refractivity (Wildman–Crippen MR) is 104 cm³/mol. The molecule has 3 aromatic rings. The topological polar surface area (TPSA) is 95.2 Å². The summed E-state index contributed by atoms with van der Waals surface area (Å²) in [6, 6.07) is 4.95. The van der Waals surface area contributed by atoms with Crippen molar-refractivity contribution in [3.8, 4) is 0 Å². The van der Waals surface area contributed by atoms with Crippen molar-refractivity contribution in [1.82, 2.24) is 14.3 Å². The van der Waals surface area contributed by atoms with Crippen molar-refractivity contribution in [2.75, 3.05) is 18.3 Å². The van der Waals surface area contributed by atoms with Gasteiger partial charge in [-0.2, -0.15) is 12.7 Å². The van der Waals surface area contributed by atoms with Crippen LogP contribution >= 0.6 is 12.4 Å². The van der Waals surface area contributed by atoms with Crippen molar-refractivity contribution in [2.45, 2.75) is 6.92 Å². The van der Waals surface area contributed by atoms with E-state index in [4.69, 9.17) is 0 Å². The van der Waals surface area contributed by atoms with Crippen LogP contribution in [-0.2, 0) is 10.2 Å². The molecule has 0 aliphatic rings. The van der Waals surface area contributed by atoms with Gasteiger partial charge in [-0.05, 0) is 24.3 Å². The Morgan fingerprint density at radius 3 is 2.68 bits per heavy atom. The Morgan fingerprint density at radius 1 is 1.29 bits per heavy atom. The highest BCUT2D eigenvalue weighted by Gasteiger charge is 2.26. The summed E-state index contributed by atoms with van der Waals surface area (Å²) in [6.45, 7) is 1.74. The zero-order valence-electron chi connectivity index (χ0n) is 14.9. The molecule has 0 aliphatic heterocycles. The molecule has 0 aliphatic carbocycles. The van der Waals surface area contributed by atoms with Crippen LogP contribution in [0.5, 0.6) is 0 Å². The van der Waals surface area contributed by atoms with Gasteiger partial charge in [-0.25, -0.2) is 13.8 Å². The number of aromatic nitrogens is 2. The van der Waals surface area contributed by atoms with E-state index >= 15 is 0 Å². The lowest BCUT2D eigenvalue weighted by atomic mass is 10.0. The monoisotopic (exact) mass is 430 g/mol. The number of ketones is 1. The molecule has 0 fully saturated rings. The minimum atomic E-state index is -4.04. The van der Waals surface area contributed by atoms with Crippen LogP contribution in [0, 0.1) is 11.6 Å². The Bertz CT molecular complexity index is 1130. The number of halogens is 3. The van der Waals surface area contributed by atoms with Gasteiger partial charge in [0.05, 0.1) is 11.3 Å². The zero-order chi connectivity index (χ0) is 19.8. The van der Waals surface area contributed by atoms with E-state index in [-0.39, 0.29) is 24.5 Å². The minimum absolute atomic E-state index is 0. The van der Waals surface area contributed by atoms with Gasteiger partial charge in [0, 0.05) is 36.9 Å². The lowest BCUT2D eigenvalue weighted by Gasteiger charge is -2.17. The van der Waals surface area contributed by atoms with Gasteiger partial charge in [-0.15, -0.1) is 12.4 Å². The van der Waals surface area contributed by atoms with Gasteiger partial charge in [0.1, 0.15) is 11.5 Å². The Morgan fingerprint density at radius 2 is 2.00 bits per heavy atom. The molecule has 0 unspecified atom stereocenters. The van der Waals surface area contributed by atoms with E-state index in [1.807, 2.05) is 4.72 Å². The lowest BCUT2D eigenvalue weighted by Crippen LogP contribution is -2.32. The number of nitrogens with one attached hydrogen (secondary N) is 2. The number of carbonyl (C=O) groups is 1. The number of hydrogen-bond acceptors (Lipinski definition) is 4. The van der Waals surface area contributed by atoms with E-state index in [0.717, 1.165) is 16.4 Å². The maximum Gasteiger partial charge on any atom is 0.301 e. The maximum atomic E-state index is 14.8. The van der Waals surface area contributed by atoms with Crippen LogP contribution in [-0.4, -0.2) is 42.1 Å². The molecule has 150 valence electrons. The predicted octanol–water partition coefficient (Wildman–Crippen LogP) is 3.10. The summed E-state index contributed by atoms with van der Waals surface area (Å²) in [7, 11) is -2.74. The second-order valence-electron chi connectivity index (χ2n) is 5.74. The summed E-state index contributed by atoms with van der Waals surface area (Å²) in [5, 5.41) is 0.401. The number of nitrogens with zero attached hydrogens (tertiary/aromatic N) is 2. The molecule has 1 aromatic carbocycles. The molecule has 28 heavy (non-hydrogen) atoms. The van der Waals surface area contributed by atoms with Gasteiger partial charge in [0.25, 0.3) is 0 Å². The molecule has 0 saturated carbocycles. The lowest BCUT2D eigenvalue weighted by molar-refractivity contribution is 0.103. The average molecular weight is 431 g/mol. The smallest absolute Gasteiger partial charge is 0.301 e. The van der Waals surface area contributed by atoms with E-state index in [0.29, 0.717) is 11.0 Å². The first-order chi connectivity index (χ1) is 12.8. The third-order valence-electron chi connectivity index (χ3n) is 4.11. The highest BCUT2D eigenvalue weighted by Crippen LogP contribution is 2.27.